The lowest BCUT2D eigenvalue weighted by atomic mass is 10.3. The molecule has 0 saturated heterocycles. The van der Waals surface area contributed by atoms with Crippen LogP contribution in [0.2, 0.25) is 0 Å². The van der Waals surface area contributed by atoms with Crippen LogP contribution in [0, 0.1) is 13.8 Å². The van der Waals surface area contributed by atoms with Gasteiger partial charge in [-0.05, 0) is 45.0 Å². The van der Waals surface area contributed by atoms with Crippen LogP contribution in [0.3, 0.4) is 0 Å². The van der Waals surface area contributed by atoms with Crippen LogP contribution < -0.4 is 10.1 Å². The predicted molar refractivity (Wildman–Crippen MR) is 113 cm³/mol. The number of ether oxygens (including phenoxy) is 1. The minimum Gasteiger partial charge on any atom is -0.492 e. The van der Waals surface area contributed by atoms with E-state index in [1.54, 1.807) is 37.6 Å². The molecule has 0 fully saturated rings. The van der Waals surface area contributed by atoms with Crippen molar-refractivity contribution in [2.24, 2.45) is 0 Å². The van der Waals surface area contributed by atoms with Crippen LogP contribution in [0.25, 0.3) is 0 Å². The van der Waals surface area contributed by atoms with Gasteiger partial charge in [0.25, 0.3) is 0 Å². The van der Waals surface area contributed by atoms with Gasteiger partial charge in [-0.1, -0.05) is 13.8 Å². The smallest absolute Gasteiger partial charge is 0.246 e. The maximum atomic E-state index is 13.0. The van der Waals surface area contributed by atoms with Crippen molar-refractivity contribution in [3.8, 4) is 5.75 Å². The molecule has 1 aromatic carbocycles. The Balaban J connectivity index is 2.21. The van der Waals surface area contributed by atoms with Crippen LogP contribution in [0.1, 0.15) is 38.6 Å². The maximum Gasteiger partial charge on any atom is 0.246 e. The maximum absolute atomic E-state index is 13.0. The molecular formula is C20H30N4O4S. The van der Waals surface area contributed by atoms with E-state index in [0.29, 0.717) is 31.9 Å². The zero-order valence-corrected chi connectivity index (χ0v) is 18.5. The molecule has 2 rings (SSSR count). The third-order valence-corrected chi connectivity index (χ3v) is 6.58. The average Bonchev–Trinajstić information content (AvgIpc) is 2.99. The molecule has 0 aliphatic rings. The highest BCUT2D eigenvalue weighted by Gasteiger charge is 2.26. The van der Waals surface area contributed by atoms with Gasteiger partial charge in [-0.2, -0.15) is 9.40 Å². The van der Waals surface area contributed by atoms with Gasteiger partial charge in [0.05, 0.1) is 12.3 Å². The number of carbonyl (C=O) groups excluding carboxylic acids is 1. The summed E-state index contributed by atoms with van der Waals surface area (Å²) in [6, 6.07) is 6.64. The summed E-state index contributed by atoms with van der Waals surface area (Å²) in [5.41, 5.74) is 2.31. The minimum absolute atomic E-state index is 0.0550. The normalized spacial score (nSPS) is 11.7. The molecular weight excluding hydrogens is 392 g/mol. The summed E-state index contributed by atoms with van der Waals surface area (Å²) in [7, 11) is -3.73. The van der Waals surface area contributed by atoms with Gasteiger partial charge in [0.2, 0.25) is 15.9 Å². The van der Waals surface area contributed by atoms with Gasteiger partial charge >= 0.3 is 0 Å². The zero-order valence-electron chi connectivity index (χ0n) is 17.7. The third kappa shape index (κ3) is 5.57. The number of carbonyl (C=O) groups is 1. The van der Waals surface area contributed by atoms with Gasteiger partial charge in [0, 0.05) is 37.4 Å². The van der Waals surface area contributed by atoms with Crippen molar-refractivity contribution in [3.63, 3.8) is 0 Å². The standard InChI is InChI=1S/C20H30N4O4S/c1-6-23(7-2)29(26,27)19-14-17(9-10-18(19)28-8-3)21-20(25)11-12-24-16(5)13-15(4)22-24/h9-10,13-14H,6-8,11-12H2,1-5H3,(H,21,25). The van der Waals surface area contributed by atoms with E-state index in [0.717, 1.165) is 11.4 Å². The number of rotatable bonds is 10. The number of hydrogen-bond donors (Lipinski definition) is 1. The molecule has 29 heavy (non-hydrogen) atoms. The Morgan fingerprint density at radius 1 is 1.17 bits per heavy atom. The Kier molecular flexibility index (Phi) is 7.80. The van der Waals surface area contributed by atoms with E-state index in [4.69, 9.17) is 4.74 Å². The highest BCUT2D eigenvalue weighted by atomic mass is 32.2. The molecule has 0 aliphatic heterocycles. The SMILES string of the molecule is CCOc1ccc(NC(=O)CCn2nc(C)cc2C)cc1S(=O)(=O)N(CC)CC. The molecule has 1 amide bonds. The lowest BCUT2D eigenvalue weighted by Crippen LogP contribution is -2.31. The van der Waals surface area contributed by atoms with Crippen molar-refractivity contribution < 1.29 is 17.9 Å². The molecule has 0 spiro atoms. The molecule has 160 valence electrons. The minimum atomic E-state index is -3.73. The van der Waals surface area contributed by atoms with E-state index in [2.05, 4.69) is 10.4 Å². The lowest BCUT2D eigenvalue weighted by molar-refractivity contribution is -0.116. The second-order valence-electron chi connectivity index (χ2n) is 6.63. The van der Waals surface area contributed by atoms with Crippen molar-refractivity contribution in [3.05, 3.63) is 35.7 Å². The van der Waals surface area contributed by atoms with Gasteiger partial charge in [-0.25, -0.2) is 8.42 Å². The summed E-state index contributed by atoms with van der Waals surface area (Å²) in [4.78, 5) is 12.4. The van der Waals surface area contributed by atoms with Gasteiger partial charge in [-0.3, -0.25) is 9.48 Å². The highest BCUT2D eigenvalue weighted by Crippen LogP contribution is 2.30. The van der Waals surface area contributed by atoms with Gasteiger partial charge < -0.3 is 10.1 Å². The second-order valence-corrected chi connectivity index (χ2v) is 8.54. The Labute approximate surface area is 172 Å². The first kappa shape index (κ1) is 22.9. The molecule has 0 bridgehead atoms. The number of hydrogen-bond acceptors (Lipinski definition) is 5. The summed E-state index contributed by atoms with van der Waals surface area (Å²) >= 11 is 0. The Hall–Kier alpha value is -2.39. The predicted octanol–water partition coefficient (Wildman–Crippen LogP) is 2.96. The number of sulfonamides is 1. The largest absolute Gasteiger partial charge is 0.492 e. The topological polar surface area (TPSA) is 93.5 Å². The molecule has 1 N–H and O–H groups in total. The molecule has 1 aromatic heterocycles. The fourth-order valence-corrected chi connectivity index (χ4v) is 4.71. The van der Waals surface area contributed by atoms with Gasteiger partial charge in [-0.15, -0.1) is 0 Å². The number of amides is 1. The van der Waals surface area contributed by atoms with E-state index in [1.807, 2.05) is 19.9 Å². The molecule has 8 nitrogen and oxygen atoms in total. The van der Waals surface area contributed by atoms with Crippen molar-refractivity contribution in [2.75, 3.05) is 25.0 Å². The molecule has 0 aliphatic carbocycles. The van der Waals surface area contributed by atoms with E-state index >= 15 is 0 Å². The van der Waals surface area contributed by atoms with Gasteiger partial charge in [0.1, 0.15) is 10.6 Å². The highest BCUT2D eigenvalue weighted by molar-refractivity contribution is 7.89. The Bertz CT molecular complexity index is 949. The van der Waals surface area contributed by atoms with Crippen LogP contribution in [-0.2, 0) is 21.4 Å². The number of aromatic nitrogens is 2. The fraction of sp³-hybridized carbons (Fsp3) is 0.500. The second kappa shape index (κ2) is 9.89. The Morgan fingerprint density at radius 3 is 2.41 bits per heavy atom. The molecule has 0 saturated carbocycles. The van der Waals surface area contributed by atoms with E-state index in [9.17, 15) is 13.2 Å². The van der Waals surface area contributed by atoms with Crippen molar-refractivity contribution in [1.82, 2.24) is 14.1 Å². The first-order valence-electron chi connectivity index (χ1n) is 9.80. The van der Waals surface area contributed by atoms with Crippen LogP contribution in [0.5, 0.6) is 5.75 Å². The van der Waals surface area contributed by atoms with E-state index in [1.165, 1.54) is 10.4 Å². The zero-order chi connectivity index (χ0) is 21.6. The molecule has 1 heterocycles. The van der Waals surface area contributed by atoms with Gasteiger partial charge in [0.15, 0.2) is 0 Å². The fourth-order valence-electron chi connectivity index (χ4n) is 3.10. The summed E-state index contributed by atoms with van der Waals surface area (Å²) in [6.07, 6.45) is 0.229. The van der Waals surface area contributed by atoms with E-state index < -0.39 is 10.0 Å². The molecule has 2 aromatic rings. The third-order valence-electron chi connectivity index (χ3n) is 4.50. The number of nitrogens with zero attached hydrogens (tertiary/aromatic N) is 3. The first-order valence-corrected chi connectivity index (χ1v) is 11.2. The van der Waals surface area contributed by atoms with Crippen molar-refractivity contribution >= 4 is 21.6 Å². The monoisotopic (exact) mass is 422 g/mol. The van der Waals surface area contributed by atoms with Crippen LogP contribution in [0.4, 0.5) is 5.69 Å². The Morgan fingerprint density at radius 2 is 1.86 bits per heavy atom. The lowest BCUT2D eigenvalue weighted by Gasteiger charge is -2.21. The average molecular weight is 423 g/mol. The number of nitrogens with one attached hydrogen (secondary N) is 1. The quantitative estimate of drug-likeness (QED) is 0.635. The van der Waals surface area contributed by atoms with Crippen molar-refractivity contribution in [2.45, 2.75) is 52.5 Å². The summed E-state index contributed by atoms with van der Waals surface area (Å²) in [5, 5.41) is 7.12. The molecule has 0 unspecified atom stereocenters. The van der Waals surface area contributed by atoms with Crippen molar-refractivity contribution in [1.29, 1.82) is 0 Å². The summed E-state index contributed by atoms with van der Waals surface area (Å²) in [5.74, 6) is 0.0629. The summed E-state index contributed by atoms with van der Waals surface area (Å²) in [6.45, 7) is 10.7. The number of benzene rings is 1. The van der Waals surface area contributed by atoms with E-state index in [-0.39, 0.29) is 23.0 Å². The first-order chi connectivity index (χ1) is 13.7. The van der Waals surface area contributed by atoms with Crippen LogP contribution in [-0.4, -0.2) is 48.1 Å². The van der Waals surface area contributed by atoms with Crippen LogP contribution >= 0.6 is 0 Å². The number of anilines is 1. The molecule has 0 radical (unpaired) electrons. The van der Waals surface area contributed by atoms with Crippen LogP contribution in [0.15, 0.2) is 29.2 Å². The summed E-state index contributed by atoms with van der Waals surface area (Å²) < 4.78 is 34.7. The number of aryl methyl sites for hydroxylation is 3. The molecule has 0 atom stereocenters. The molecule has 9 heteroatoms.